The SMILES string of the molecule is O=S(=O)(c1ccc(-c2ccccc2F)cc1)N(C(O)C1=NCCS1)[C@@H](CCO)c1ccccc1. The highest BCUT2D eigenvalue weighted by molar-refractivity contribution is 8.14. The van der Waals surface area contributed by atoms with E-state index in [1.165, 1.54) is 30.0 Å². The summed E-state index contributed by atoms with van der Waals surface area (Å²) in [5.41, 5.74) is 1.54. The molecule has 0 radical (unpaired) electrons. The van der Waals surface area contributed by atoms with Gasteiger partial charge in [-0.1, -0.05) is 60.7 Å². The second-order valence-corrected chi connectivity index (χ2v) is 10.7. The summed E-state index contributed by atoms with van der Waals surface area (Å²) >= 11 is 1.31. The normalized spacial score (nSPS) is 15.8. The summed E-state index contributed by atoms with van der Waals surface area (Å²) in [5.74, 6) is 0.256. The fraction of sp³-hybridized carbons (Fsp3) is 0.240. The van der Waals surface area contributed by atoms with Crippen molar-refractivity contribution in [3.05, 3.63) is 90.2 Å². The van der Waals surface area contributed by atoms with Crippen LogP contribution in [0.1, 0.15) is 18.0 Å². The monoisotopic (exact) mass is 500 g/mol. The molecule has 1 aliphatic rings. The van der Waals surface area contributed by atoms with Crippen LogP contribution in [-0.2, 0) is 10.0 Å². The zero-order chi connectivity index (χ0) is 24.1. The first-order chi connectivity index (χ1) is 16.4. The highest BCUT2D eigenvalue weighted by Gasteiger charge is 2.40. The second-order valence-electron chi connectivity index (χ2n) is 7.72. The van der Waals surface area contributed by atoms with Crippen molar-refractivity contribution < 1.29 is 23.0 Å². The lowest BCUT2D eigenvalue weighted by molar-refractivity contribution is 0.0848. The Bertz CT molecular complexity index is 1250. The predicted octanol–water partition coefficient (Wildman–Crippen LogP) is 4.07. The van der Waals surface area contributed by atoms with Crippen molar-refractivity contribution in [3.63, 3.8) is 0 Å². The zero-order valence-electron chi connectivity index (χ0n) is 18.3. The van der Waals surface area contributed by atoms with Gasteiger partial charge < -0.3 is 10.2 Å². The molecule has 2 atom stereocenters. The standard InChI is InChI=1S/C25H25FN2O4S2/c26-22-9-5-4-8-21(22)18-10-12-20(13-11-18)34(31,32)28(25(30)24-27-15-17-33-24)23(14-16-29)19-6-2-1-3-7-19/h1-13,23,25,29-30H,14-17H2/t23-,25?/m0/s1. The summed E-state index contributed by atoms with van der Waals surface area (Å²) in [6, 6.07) is 20.2. The van der Waals surface area contributed by atoms with E-state index in [9.17, 15) is 23.0 Å². The molecule has 3 aromatic carbocycles. The molecule has 0 saturated heterocycles. The van der Waals surface area contributed by atoms with Crippen LogP contribution in [0, 0.1) is 5.82 Å². The van der Waals surface area contributed by atoms with Crippen molar-refractivity contribution in [1.29, 1.82) is 0 Å². The van der Waals surface area contributed by atoms with Crippen molar-refractivity contribution in [3.8, 4) is 11.1 Å². The number of halogens is 1. The number of benzene rings is 3. The van der Waals surface area contributed by atoms with E-state index >= 15 is 0 Å². The predicted molar refractivity (Wildman–Crippen MR) is 133 cm³/mol. The Labute approximate surface area is 202 Å². The number of hydrogen-bond donors (Lipinski definition) is 2. The molecule has 6 nitrogen and oxygen atoms in total. The maximum Gasteiger partial charge on any atom is 0.246 e. The van der Waals surface area contributed by atoms with Crippen molar-refractivity contribution in [1.82, 2.24) is 4.31 Å². The lowest BCUT2D eigenvalue weighted by Gasteiger charge is -2.34. The third-order valence-electron chi connectivity index (χ3n) is 5.58. The largest absolute Gasteiger partial charge is 0.396 e. The quantitative estimate of drug-likeness (QED) is 0.433. The third-order valence-corrected chi connectivity index (χ3v) is 8.48. The van der Waals surface area contributed by atoms with Gasteiger partial charge in [0.25, 0.3) is 0 Å². The number of rotatable bonds is 9. The smallest absolute Gasteiger partial charge is 0.246 e. The van der Waals surface area contributed by atoms with Crippen LogP contribution < -0.4 is 0 Å². The Morgan fingerprint density at radius 1 is 1.00 bits per heavy atom. The topological polar surface area (TPSA) is 90.2 Å². The van der Waals surface area contributed by atoms with Crippen LogP contribution >= 0.6 is 11.8 Å². The number of aliphatic hydroxyl groups excluding tert-OH is 2. The summed E-state index contributed by atoms with van der Waals surface area (Å²) in [5, 5.41) is 21.3. The minimum atomic E-state index is -4.23. The lowest BCUT2D eigenvalue weighted by Crippen LogP contribution is -2.46. The number of aliphatic hydroxyl groups is 2. The first-order valence-corrected chi connectivity index (χ1v) is 13.3. The summed E-state index contributed by atoms with van der Waals surface area (Å²) in [6.45, 7) is 0.225. The molecule has 1 unspecified atom stereocenters. The van der Waals surface area contributed by atoms with Crippen LogP contribution in [-0.4, -0.2) is 53.1 Å². The Morgan fingerprint density at radius 3 is 2.29 bits per heavy atom. The van der Waals surface area contributed by atoms with Crippen LogP contribution in [0.2, 0.25) is 0 Å². The Hall–Kier alpha value is -2.56. The number of hydrogen-bond acceptors (Lipinski definition) is 6. The van der Waals surface area contributed by atoms with Gasteiger partial charge in [-0.3, -0.25) is 4.99 Å². The summed E-state index contributed by atoms with van der Waals surface area (Å²) < 4.78 is 43.0. The molecule has 0 amide bonds. The van der Waals surface area contributed by atoms with Crippen LogP contribution in [0.5, 0.6) is 0 Å². The van der Waals surface area contributed by atoms with Gasteiger partial charge in [0.15, 0.2) is 6.23 Å². The van der Waals surface area contributed by atoms with Crippen molar-refractivity contribution in [2.45, 2.75) is 23.6 Å². The van der Waals surface area contributed by atoms with Gasteiger partial charge in [0.1, 0.15) is 10.9 Å². The van der Waals surface area contributed by atoms with E-state index < -0.39 is 28.1 Å². The van der Waals surface area contributed by atoms with Crippen molar-refractivity contribution in [2.75, 3.05) is 18.9 Å². The van der Waals surface area contributed by atoms with Gasteiger partial charge in [0.05, 0.1) is 10.9 Å². The van der Waals surface area contributed by atoms with Gasteiger partial charge in [0, 0.05) is 24.5 Å². The first-order valence-electron chi connectivity index (χ1n) is 10.8. The van der Waals surface area contributed by atoms with E-state index in [1.54, 1.807) is 54.6 Å². The maximum atomic E-state index is 14.2. The molecule has 1 aliphatic heterocycles. The van der Waals surface area contributed by atoms with Gasteiger partial charge in [-0.2, -0.15) is 4.31 Å². The summed E-state index contributed by atoms with van der Waals surface area (Å²) in [6.07, 6.45) is -1.41. The summed E-state index contributed by atoms with van der Waals surface area (Å²) in [4.78, 5) is 4.24. The number of aliphatic imine (C=N–C) groups is 1. The maximum absolute atomic E-state index is 14.2. The van der Waals surface area contributed by atoms with E-state index in [0.717, 1.165) is 4.31 Å². The minimum Gasteiger partial charge on any atom is -0.396 e. The highest BCUT2D eigenvalue weighted by atomic mass is 32.2. The molecule has 9 heteroatoms. The van der Waals surface area contributed by atoms with E-state index in [4.69, 9.17) is 0 Å². The van der Waals surface area contributed by atoms with E-state index in [0.29, 0.717) is 34.0 Å². The molecule has 0 spiro atoms. The Morgan fingerprint density at radius 2 is 1.68 bits per heavy atom. The number of nitrogens with zero attached hydrogens (tertiary/aromatic N) is 2. The van der Waals surface area contributed by atoms with Gasteiger partial charge in [-0.05, 0) is 35.7 Å². The fourth-order valence-corrected chi connectivity index (χ4v) is 6.50. The summed E-state index contributed by atoms with van der Waals surface area (Å²) in [7, 11) is -4.23. The Balaban J connectivity index is 1.77. The average molecular weight is 501 g/mol. The molecule has 3 aromatic rings. The van der Waals surface area contributed by atoms with Gasteiger partial charge in [-0.25, -0.2) is 12.8 Å². The van der Waals surface area contributed by atoms with E-state index in [2.05, 4.69) is 4.99 Å². The molecular formula is C25H25FN2O4S2. The Kier molecular flexibility index (Phi) is 7.80. The van der Waals surface area contributed by atoms with Gasteiger partial charge >= 0.3 is 0 Å². The molecule has 1 heterocycles. The van der Waals surface area contributed by atoms with Gasteiger partial charge in [0.2, 0.25) is 10.0 Å². The van der Waals surface area contributed by atoms with Gasteiger partial charge in [-0.15, -0.1) is 11.8 Å². The highest BCUT2D eigenvalue weighted by Crippen LogP contribution is 2.35. The molecule has 0 fully saturated rings. The zero-order valence-corrected chi connectivity index (χ0v) is 19.9. The molecule has 2 N–H and O–H groups in total. The van der Waals surface area contributed by atoms with Crippen LogP contribution in [0.4, 0.5) is 4.39 Å². The molecule has 0 aliphatic carbocycles. The molecule has 178 valence electrons. The minimum absolute atomic E-state index is 0.0471. The van der Waals surface area contributed by atoms with Crippen LogP contribution in [0.3, 0.4) is 0 Å². The van der Waals surface area contributed by atoms with E-state index in [-0.39, 0.29) is 17.9 Å². The molecule has 4 rings (SSSR count). The number of thioether (sulfide) groups is 1. The van der Waals surface area contributed by atoms with Crippen molar-refractivity contribution in [2.24, 2.45) is 4.99 Å². The fourth-order valence-electron chi connectivity index (χ4n) is 3.95. The lowest BCUT2D eigenvalue weighted by atomic mass is 10.0. The number of sulfonamides is 1. The van der Waals surface area contributed by atoms with Crippen molar-refractivity contribution >= 4 is 26.8 Å². The van der Waals surface area contributed by atoms with Crippen LogP contribution in [0.25, 0.3) is 11.1 Å². The second kappa shape index (κ2) is 10.8. The molecule has 0 aromatic heterocycles. The molecule has 34 heavy (non-hydrogen) atoms. The van der Waals surface area contributed by atoms with E-state index in [1.807, 2.05) is 6.07 Å². The van der Waals surface area contributed by atoms with Crippen LogP contribution in [0.15, 0.2) is 88.8 Å². The first kappa shape index (κ1) is 24.6. The molecular weight excluding hydrogens is 475 g/mol. The molecule has 0 bridgehead atoms. The third kappa shape index (κ3) is 5.08. The molecule has 0 saturated carbocycles. The average Bonchev–Trinajstić information content (AvgIpc) is 3.40.